The fraction of sp³-hybridized carbons (Fsp3) is 0.360. The number of fused-ring (bicyclic) bond motifs is 1. The van der Waals surface area contributed by atoms with Crippen molar-refractivity contribution in [3.63, 3.8) is 0 Å². The first-order valence-corrected chi connectivity index (χ1v) is 10.9. The Hall–Kier alpha value is -3.52. The van der Waals surface area contributed by atoms with Crippen molar-refractivity contribution in [2.75, 3.05) is 20.0 Å². The molecule has 174 valence electrons. The second-order valence-corrected chi connectivity index (χ2v) is 7.91. The number of hydrogen-bond donors (Lipinski definition) is 2. The average molecular weight is 453 g/mol. The van der Waals surface area contributed by atoms with Gasteiger partial charge in [0.25, 0.3) is 5.91 Å². The maximum absolute atomic E-state index is 13.3. The van der Waals surface area contributed by atoms with Crippen LogP contribution in [0.1, 0.15) is 30.9 Å². The number of aliphatic hydroxyl groups excluding tert-OH is 1. The third kappa shape index (κ3) is 4.80. The van der Waals surface area contributed by atoms with Crippen LogP contribution in [0, 0.1) is 0 Å². The maximum Gasteiger partial charge on any atom is 0.252 e. The van der Waals surface area contributed by atoms with Crippen LogP contribution in [0.15, 0.2) is 60.1 Å². The number of nitrogens with zero attached hydrogens (tertiary/aromatic N) is 1. The topological polar surface area (TPSA) is 98.6 Å². The molecule has 0 radical (unpaired) electrons. The van der Waals surface area contributed by atoms with Crippen LogP contribution in [0.4, 0.5) is 0 Å². The van der Waals surface area contributed by atoms with Crippen molar-refractivity contribution >= 4 is 11.8 Å². The van der Waals surface area contributed by atoms with Gasteiger partial charge in [-0.15, -0.1) is 6.58 Å². The number of carbonyl (C=O) groups is 1. The lowest BCUT2D eigenvalue weighted by molar-refractivity contribution is -0.128. The summed E-state index contributed by atoms with van der Waals surface area (Å²) < 4.78 is 22.3. The number of nitrogens with one attached hydrogen (secondary N) is 1. The smallest absolute Gasteiger partial charge is 0.252 e. The first-order valence-electron chi connectivity index (χ1n) is 10.9. The monoisotopic (exact) mass is 452 g/mol. The molecule has 2 atom stereocenters. The van der Waals surface area contributed by atoms with Gasteiger partial charge in [0.2, 0.25) is 12.7 Å². The second-order valence-electron chi connectivity index (χ2n) is 7.91. The highest BCUT2D eigenvalue weighted by molar-refractivity contribution is 6.00. The van der Waals surface area contributed by atoms with E-state index in [0.717, 1.165) is 11.1 Å². The maximum atomic E-state index is 13.3. The molecule has 2 aliphatic rings. The van der Waals surface area contributed by atoms with Crippen LogP contribution in [0.2, 0.25) is 0 Å². The van der Waals surface area contributed by atoms with Crippen molar-refractivity contribution in [3.05, 3.63) is 66.2 Å². The SMILES string of the molecule is C=CC[C@@]1(C(=O)NCc2ccc3c(c2)OCO3)N=C(c2ccc(OCCCO)cc2)O[C@@H]1C. The van der Waals surface area contributed by atoms with Crippen LogP contribution in [-0.2, 0) is 16.1 Å². The molecule has 0 saturated heterocycles. The molecule has 0 aromatic heterocycles. The Morgan fingerprint density at radius 3 is 2.82 bits per heavy atom. The highest BCUT2D eigenvalue weighted by Crippen LogP contribution is 2.34. The summed E-state index contributed by atoms with van der Waals surface area (Å²) >= 11 is 0. The van der Waals surface area contributed by atoms with Gasteiger partial charge in [0.1, 0.15) is 11.9 Å². The van der Waals surface area contributed by atoms with E-state index in [2.05, 4.69) is 11.9 Å². The van der Waals surface area contributed by atoms with Crippen LogP contribution in [-0.4, -0.2) is 48.6 Å². The van der Waals surface area contributed by atoms with Gasteiger partial charge in [-0.1, -0.05) is 12.1 Å². The normalized spacial score (nSPS) is 20.7. The van der Waals surface area contributed by atoms with Crippen LogP contribution in [0.25, 0.3) is 0 Å². The molecule has 2 aromatic rings. The lowest BCUT2D eigenvalue weighted by Crippen LogP contribution is -2.50. The number of amides is 1. The van der Waals surface area contributed by atoms with Crippen LogP contribution < -0.4 is 19.5 Å². The van der Waals surface area contributed by atoms with Crippen molar-refractivity contribution in [1.29, 1.82) is 0 Å². The van der Waals surface area contributed by atoms with Crippen molar-refractivity contribution in [3.8, 4) is 17.2 Å². The number of aliphatic hydroxyl groups is 1. The minimum atomic E-state index is -1.11. The molecule has 0 fully saturated rings. The van der Waals surface area contributed by atoms with Gasteiger partial charge in [0.15, 0.2) is 17.0 Å². The van der Waals surface area contributed by atoms with E-state index in [0.29, 0.717) is 49.1 Å². The fourth-order valence-electron chi connectivity index (χ4n) is 3.79. The van der Waals surface area contributed by atoms with Crippen molar-refractivity contribution in [2.45, 2.75) is 38.0 Å². The molecule has 8 heteroatoms. The molecule has 2 heterocycles. The summed E-state index contributed by atoms with van der Waals surface area (Å²) in [7, 11) is 0. The number of hydrogen-bond acceptors (Lipinski definition) is 7. The first-order chi connectivity index (χ1) is 16.1. The van der Waals surface area contributed by atoms with E-state index in [1.807, 2.05) is 49.4 Å². The van der Waals surface area contributed by atoms with E-state index in [9.17, 15) is 4.79 Å². The Bertz CT molecular complexity index is 1040. The summed E-state index contributed by atoms with van der Waals surface area (Å²) in [5, 5.41) is 11.9. The highest BCUT2D eigenvalue weighted by atomic mass is 16.7. The molecule has 8 nitrogen and oxygen atoms in total. The minimum absolute atomic E-state index is 0.0860. The van der Waals surface area contributed by atoms with E-state index >= 15 is 0 Å². The third-order valence-corrected chi connectivity index (χ3v) is 5.67. The third-order valence-electron chi connectivity index (χ3n) is 5.67. The predicted molar refractivity (Wildman–Crippen MR) is 123 cm³/mol. The van der Waals surface area contributed by atoms with Crippen molar-refractivity contribution < 1.29 is 28.8 Å². The Morgan fingerprint density at radius 1 is 1.27 bits per heavy atom. The molecule has 2 aliphatic heterocycles. The Morgan fingerprint density at radius 2 is 2.06 bits per heavy atom. The molecule has 0 aliphatic carbocycles. The zero-order valence-corrected chi connectivity index (χ0v) is 18.6. The molecule has 0 saturated carbocycles. The number of benzene rings is 2. The average Bonchev–Trinajstić information content (AvgIpc) is 3.43. The van der Waals surface area contributed by atoms with E-state index in [4.69, 9.17) is 29.0 Å². The molecule has 1 amide bonds. The quantitative estimate of drug-likeness (QED) is 0.425. The zero-order valence-electron chi connectivity index (χ0n) is 18.6. The number of ether oxygens (including phenoxy) is 4. The summed E-state index contributed by atoms with van der Waals surface area (Å²) in [6, 6.07) is 12.9. The molecular weight excluding hydrogens is 424 g/mol. The van der Waals surface area contributed by atoms with Crippen LogP contribution >= 0.6 is 0 Å². The molecule has 2 N–H and O–H groups in total. The summed E-state index contributed by atoms with van der Waals surface area (Å²) in [6.45, 7) is 6.71. The second kappa shape index (κ2) is 9.95. The Labute approximate surface area is 192 Å². The lowest BCUT2D eigenvalue weighted by Gasteiger charge is -2.26. The molecule has 0 spiro atoms. The van der Waals surface area contributed by atoms with Gasteiger partial charge in [-0.05, 0) is 48.9 Å². The highest BCUT2D eigenvalue weighted by Gasteiger charge is 2.49. The predicted octanol–water partition coefficient (Wildman–Crippen LogP) is 2.97. The Balaban J connectivity index is 1.48. The van der Waals surface area contributed by atoms with Gasteiger partial charge in [-0.3, -0.25) is 4.79 Å². The summed E-state index contributed by atoms with van der Waals surface area (Å²) in [4.78, 5) is 18.0. The van der Waals surface area contributed by atoms with E-state index in [1.54, 1.807) is 6.08 Å². The summed E-state index contributed by atoms with van der Waals surface area (Å²) in [5.74, 6) is 2.24. The molecule has 33 heavy (non-hydrogen) atoms. The van der Waals surface area contributed by atoms with Gasteiger partial charge in [0, 0.05) is 31.6 Å². The zero-order chi connectivity index (χ0) is 23.3. The molecule has 4 rings (SSSR count). The molecule has 0 unspecified atom stereocenters. The largest absolute Gasteiger partial charge is 0.494 e. The van der Waals surface area contributed by atoms with E-state index in [-0.39, 0.29) is 19.3 Å². The van der Waals surface area contributed by atoms with Gasteiger partial charge < -0.3 is 29.4 Å². The van der Waals surface area contributed by atoms with Gasteiger partial charge in [-0.2, -0.15) is 0 Å². The summed E-state index contributed by atoms with van der Waals surface area (Å²) in [6.07, 6.45) is 2.13. The minimum Gasteiger partial charge on any atom is -0.494 e. The standard InChI is InChI=1S/C25H28N2O6/c1-3-11-25(24(29)26-15-18-5-10-21-22(14-18)32-16-31-21)17(2)33-23(27-25)19-6-8-20(9-7-19)30-13-4-12-28/h3,5-10,14,17,28H,1,4,11-13,15-16H2,2H3,(H,26,29)/t17-,25-/m1/s1. The van der Waals surface area contributed by atoms with E-state index in [1.165, 1.54) is 0 Å². The van der Waals surface area contributed by atoms with Crippen LogP contribution in [0.5, 0.6) is 17.2 Å². The number of rotatable bonds is 10. The molecule has 0 bridgehead atoms. The van der Waals surface area contributed by atoms with E-state index < -0.39 is 11.6 Å². The van der Waals surface area contributed by atoms with Gasteiger partial charge in [0.05, 0.1) is 6.61 Å². The van der Waals surface area contributed by atoms with Crippen LogP contribution in [0.3, 0.4) is 0 Å². The fourth-order valence-corrected chi connectivity index (χ4v) is 3.79. The number of aliphatic imine (C=N–C) groups is 1. The van der Waals surface area contributed by atoms with Crippen molar-refractivity contribution in [2.24, 2.45) is 4.99 Å². The first kappa shape index (κ1) is 22.7. The van der Waals surface area contributed by atoms with Crippen molar-refractivity contribution in [1.82, 2.24) is 5.32 Å². The van der Waals surface area contributed by atoms with Gasteiger partial charge in [-0.25, -0.2) is 4.99 Å². The molecule has 2 aromatic carbocycles. The summed E-state index contributed by atoms with van der Waals surface area (Å²) in [5.41, 5.74) is 0.545. The Kier molecular flexibility index (Phi) is 6.84. The molecular formula is C25H28N2O6. The number of carbonyl (C=O) groups excluding carboxylic acids is 1. The van der Waals surface area contributed by atoms with Gasteiger partial charge >= 0.3 is 0 Å². The lowest BCUT2D eigenvalue weighted by atomic mass is 9.89.